The summed E-state index contributed by atoms with van der Waals surface area (Å²) in [5.74, 6) is 0.389. The van der Waals surface area contributed by atoms with Gasteiger partial charge in [-0.05, 0) is 19.1 Å². The zero-order valence-corrected chi connectivity index (χ0v) is 13.6. The number of hydrogen-bond donors (Lipinski definition) is 1. The Morgan fingerprint density at radius 2 is 2.24 bits per heavy atom. The molecule has 2 aromatic heterocycles. The maximum atomic E-state index is 12.2. The quantitative estimate of drug-likeness (QED) is 0.628. The molecule has 2 rings (SSSR count). The van der Waals surface area contributed by atoms with Crippen molar-refractivity contribution >= 4 is 34.8 Å². The highest BCUT2D eigenvalue weighted by atomic mass is 32.2. The van der Waals surface area contributed by atoms with E-state index in [0.29, 0.717) is 12.3 Å². The number of amides is 1. The maximum absolute atomic E-state index is 12.2. The number of imidazole rings is 1. The fourth-order valence-corrected chi connectivity index (χ4v) is 3.60. The fraction of sp³-hybridized carbons (Fsp3) is 0.357. The number of thioether (sulfide) groups is 1. The molecule has 1 N–H and O–H groups in total. The van der Waals surface area contributed by atoms with Gasteiger partial charge in [0, 0.05) is 30.7 Å². The molecule has 0 saturated heterocycles. The van der Waals surface area contributed by atoms with Crippen LogP contribution in [0.3, 0.4) is 0 Å². The number of ketones is 1. The first-order valence-electron chi connectivity index (χ1n) is 6.60. The number of Topliss-reactive ketones (excluding diaryl/α,β-unsaturated/α-hetero) is 1. The van der Waals surface area contributed by atoms with Crippen molar-refractivity contribution < 1.29 is 9.59 Å². The molecule has 0 unspecified atom stereocenters. The van der Waals surface area contributed by atoms with Crippen LogP contribution in [0.5, 0.6) is 0 Å². The SMILES string of the molecule is CCn1ccnc1SCC(=O)c1ccc(CNC(C)=O)s1. The molecule has 0 aliphatic rings. The van der Waals surface area contributed by atoms with Crippen LogP contribution in [0.1, 0.15) is 28.4 Å². The van der Waals surface area contributed by atoms with Crippen LogP contribution >= 0.6 is 23.1 Å². The molecule has 0 aromatic carbocycles. The molecule has 2 heterocycles. The number of carbonyl (C=O) groups is 2. The molecule has 21 heavy (non-hydrogen) atoms. The van der Waals surface area contributed by atoms with Gasteiger partial charge in [-0.1, -0.05) is 11.8 Å². The van der Waals surface area contributed by atoms with Gasteiger partial charge in [0.15, 0.2) is 10.9 Å². The van der Waals surface area contributed by atoms with Crippen molar-refractivity contribution in [3.63, 3.8) is 0 Å². The second-order valence-corrected chi connectivity index (χ2v) is 6.49. The van der Waals surface area contributed by atoms with Gasteiger partial charge in [0.05, 0.1) is 17.2 Å². The van der Waals surface area contributed by atoms with Gasteiger partial charge >= 0.3 is 0 Å². The highest BCUT2D eigenvalue weighted by molar-refractivity contribution is 7.99. The van der Waals surface area contributed by atoms with Gasteiger partial charge < -0.3 is 9.88 Å². The Morgan fingerprint density at radius 3 is 2.95 bits per heavy atom. The third-order valence-corrected chi connectivity index (χ3v) is 4.93. The van der Waals surface area contributed by atoms with Gasteiger partial charge in [-0.25, -0.2) is 4.98 Å². The van der Waals surface area contributed by atoms with Crippen molar-refractivity contribution in [3.8, 4) is 0 Å². The summed E-state index contributed by atoms with van der Waals surface area (Å²) < 4.78 is 2.01. The molecule has 5 nitrogen and oxygen atoms in total. The molecule has 0 bridgehead atoms. The van der Waals surface area contributed by atoms with Gasteiger partial charge in [-0.3, -0.25) is 9.59 Å². The largest absolute Gasteiger partial charge is 0.351 e. The van der Waals surface area contributed by atoms with E-state index in [1.807, 2.05) is 29.8 Å². The normalized spacial score (nSPS) is 10.6. The van der Waals surface area contributed by atoms with Crippen LogP contribution in [0.25, 0.3) is 0 Å². The lowest BCUT2D eigenvalue weighted by Crippen LogP contribution is -2.18. The zero-order chi connectivity index (χ0) is 15.2. The third kappa shape index (κ3) is 4.44. The van der Waals surface area contributed by atoms with Crippen LogP contribution in [-0.4, -0.2) is 27.0 Å². The van der Waals surface area contributed by atoms with Crippen molar-refractivity contribution in [3.05, 3.63) is 34.3 Å². The molecule has 0 spiro atoms. The molecule has 0 saturated carbocycles. The lowest BCUT2D eigenvalue weighted by molar-refractivity contribution is -0.119. The molecule has 2 aromatic rings. The van der Waals surface area contributed by atoms with E-state index in [0.717, 1.165) is 21.5 Å². The Hall–Kier alpha value is -1.60. The van der Waals surface area contributed by atoms with Crippen molar-refractivity contribution in [2.75, 3.05) is 5.75 Å². The van der Waals surface area contributed by atoms with E-state index in [1.165, 1.54) is 30.0 Å². The van der Waals surface area contributed by atoms with Gasteiger partial charge in [0.1, 0.15) is 0 Å². The van der Waals surface area contributed by atoms with E-state index in [-0.39, 0.29) is 11.7 Å². The number of aromatic nitrogens is 2. The summed E-state index contributed by atoms with van der Waals surface area (Å²) in [6, 6.07) is 3.70. The molecule has 0 radical (unpaired) electrons. The highest BCUT2D eigenvalue weighted by Gasteiger charge is 2.12. The summed E-state index contributed by atoms with van der Waals surface area (Å²) in [5.41, 5.74) is 0. The van der Waals surface area contributed by atoms with Gasteiger partial charge in [-0.2, -0.15) is 0 Å². The minimum absolute atomic E-state index is 0.0711. The monoisotopic (exact) mass is 323 g/mol. The fourth-order valence-electron chi connectivity index (χ4n) is 1.71. The number of carbonyl (C=O) groups excluding carboxylic acids is 2. The summed E-state index contributed by atoms with van der Waals surface area (Å²) in [7, 11) is 0. The topological polar surface area (TPSA) is 64.0 Å². The minimum Gasteiger partial charge on any atom is -0.351 e. The summed E-state index contributed by atoms with van der Waals surface area (Å²) in [6.07, 6.45) is 3.65. The lowest BCUT2D eigenvalue weighted by Gasteiger charge is -2.02. The number of thiophene rings is 1. The van der Waals surface area contributed by atoms with E-state index < -0.39 is 0 Å². The first kappa shape index (κ1) is 15.8. The number of nitrogens with zero attached hydrogens (tertiary/aromatic N) is 2. The predicted molar refractivity (Wildman–Crippen MR) is 84.8 cm³/mol. The molecule has 0 aliphatic carbocycles. The maximum Gasteiger partial charge on any atom is 0.217 e. The minimum atomic E-state index is -0.0711. The van der Waals surface area contributed by atoms with Gasteiger partial charge in [0.2, 0.25) is 5.91 Å². The molecule has 0 aliphatic heterocycles. The number of aryl methyl sites for hydroxylation is 1. The molecule has 0 atom stereocenters. The summed E-state index contributed by atoms with van der Waals surface area (Å²) in [4.78, 5) is 29.0. The van der Waals surface area contributed by atoms with Crippen molar-refractivity contribution in [2.45, 2.75) is 32.1 Å². The van der Waals surface area contributed by atoms with Crippen LogP contribution in [0.4, 0.5) is 0 Å². The lowest BCUT2D eigenvalue weighted by atomic mass is 10.3. The zero-order valence-electron chi connectivity index (χ0n) is 12.0. The van der Waals surface area contributed by atoms with E-state index in [2.05, 4.69) is 10.3 Å². The molecule has 112 valence electrons. The predicted octanol–water partition coefficient (Wildman–Crippen LogP) is 2.58. The molecular formula is C14H17N3O2S2. The van der Waals surface area contributed by atoms with E-state index in [1.54, 1.807) is 6.20 Å². The first-order valence-corrected chi connectivity index (χ1v) is 8.40. The van der Waals surface area contributed by atoms with Crippen LogP contribution in [0, 0.1) is 0 Å². The van der Waals surface area contributed by atoms with E-state index in [4.69, 9.17) is 0 Å². The molecular weight excluding hydrogens is 306 g/mol. The summed E-state index contributed by atoms with van der Waals surface area (Å²) in [6.45, 7) is 4.84. The Labute approximate surface area is 131 Å². The second kappa shape index (κ2) is 7.42. The van der Waals surface area contributed by atoms with Crippen LogP contribution in [0.15, 0.2) is 29.7 Å². The van der Waals surface area contributed by atoms with Crippen LogP contribution in [-0.2, 0) is 17.9 Å². The van der Waals surface area contributed by atoms with Crippen LogP contribution in [0.2, 0.25) is 0 Å². The summed E-state index contributed by atoms with van der Waals surface area (Å²) >= 11 is 2.87. The van der Waals surface area contributed by atoms with E-state index in [9.17, 15) is 9.59 Å². The van der Waals surface area contributed by atoms with Gasteiger partial charge in [-0.15, -0.1) is 11.3 Å². The number of nitrogens with one attached hydrogen (secondary N) is 1. The summed E-state index contributed by atoms with van der Waals surface area (Å²) in [5, 5.41) is 3.59. The number of rotatable bonds is 7. The Balaban J connectivity index is 1.90. The smallest absolute Gasteiger partial charge is 0.217 e. The van der Waals surface area contributed by atoms with Crippen molar-refractivity contribution in [1.29, 1.82) is 0 Å². The Kier molecular flexibility index (Phi) is 5.58. The Bertz CT molecular complexity index is 634. The van der Waals surface area contributed by atoms with Crippen molar-refractivity contribution in [1.82, 2.24) is 14.9 Å². The third-order valence-electron chi connectivity index (χ3n) is 2.80. The van der Waals surface area contributed by atoms with Crippen molar-refractivity contribution in [2.24, 2.45) is 0 Å². The molecule has 1 amide bonds. The average molecular weight is 323 g/mol. The van der Waals surface area contributed by atoms with Crippen LogP contribution < -0.4 is 5.32 Å². The van der Waals surface area contributed by atoms with E-state index >= 15 is 0 Å². The Morgan fingerprint density at radius 1 is 1.43 bits per heavy atom. The standard InChI is InChI=1S/C14H17N3O2S2/c1-3-17-7-6-15-14(17)20-9-12(19)13-5-4-11(21-13)8-16-10(2)18/h4-7H,3,8-9H2,1-2H3,(H,16,18). The first-order chi connectivity index (χ1) is 10.1. The van der Waals surface area contributed by atoms with Gasteiger partial charge in [0.25, 0.3) is 0 Å². The molecule has 0 fully saturated rings. The highest BCUT2D eigenvalue weighted by Crippen LogP contribution is 2.21. The number of hydrogen-bond acceptors (Lipinski definition) is 5. The second-order valence-electron chi connectivity index (χ2n) is 4.38. The molecule has 7 heteroatoms. The average Bonchev–Trinajstić information content (AvgIpc) is 3.11.